The van der Waals surface area contributed by atoms with Crippen molar-refractivity contribution in [2.75, 3.05) is 25.0 Å². The molecule has 0 bridgehead atoms. The summed E-state index contributed by atoms with van der Waals surface area (Å²) < 4.78 is 5.75. The number of para-hydroxylation sites is 1. The molecule has 4 nitrogen and oxygen atoms in total. The molecule has 0 aromatic heterocycles. The molecule has 2 aromatic rings. The van der Waals surface area contributed by atoms with E-state index in [1.807, 2.05) is 54.6 Å². The van der Waals surface area contributed by atoms with Gasteiger partial charge in [0.15, 0.2) is 0 Å². The quantitative estimate of drug-likeness (QED) is 0.684. The number of nitrogens with one attached hydrogen (secondary N) is 1. The minimum absolute atomic E-state index is 0.0153. The molecule has 2 aromatic carbocycles. The first-order valence-corrected chi connectivity index (χ1v) is 11.1. The van der Waals surface area contributed by atoms with E-state index in [9.17, 15) is 4.79 Å². The third-order valence-corrected chi connectivity index (χ3v) is 6.30. The van der Waals surface area contributed by atoms with E-state index in [1.54, 1.807) is 0 Å². The fraction of sp³-hybridized carbons (Fsp3) is 0.480. The molecule has 1 saturated heterocycles. The summed E-state index contributed by atoms with van der Waals surface area (Å²) in [6, 6.07) is 18.0. The summed E-state index contributed by atoms with van der Waals surface area (Å²) in [5.74, 6) is 0.874. The van der Waals surface area contributed by atoms with Gasteiger partial charge < -0.3 is 9.64 Å². The molecule has 0 spiro atoms. The molecule has 1 aliphatic heterocycles. The molecule has 0 unspecified atom stereocenters. The molecule has 1 saturated carbocycles. The normalized spacial score (nSPS) is 19.0. The smallest absolute Gasteiger partial charge is 0.411 e. The molecule has 1 N–H and O–H groups in total. The molecule has 4 heteroatoms. The van der Waals surface area contributed by atoms with Crippen LogP contribution in [0, 0.1) is 5.92 Å². The number of benzene rings is 2. The van der Waals surface area contributed by atoms with Gasteiger partial charge in [-0.05, 0) is 43.2 Å². The second kappa shape index (κ2) is 9.93. The Kier molecular flexibility index (Phi) is 6.83. The van der Waals surface area contributed by atoms with Gasteiger partial charge in [0.25, 0.3) is 0 Å². The number of likely N-dealkylation sites (tertiary alicyclic amines) is 1. The van der Waals surface area contributed by atoms with Crippen LogP contribution in [0.4, 0.5) is 10.5 Å². The van der Waals surface area contributed by atoms with Crippen LogP contribution >= 0.6 is 0 Å². The van der Waals surface area contributed by atoms with Crippen LogP contribution in [0.3, 0.4) is 0 Å². The number of nitrogens with zero attached hydrogens (tertiary/aromatic N) is 1. The Balaban J connectivity index is 1.27. The fourth-order valence-electron chi connectivity index (χ4n) is 4.70. The van der Waals surface area contributed by atoms with Crippen LogP contribution in [-0.4, -0.2) is 36.7 Å². The lowest BCUT2D eigenvalue weighted by Crippen LogP contribution is -2.41. The van der Waals surface area contributed by atoms with Crippen LogP contribution < -0.4 is 5.32 Å². The Morgan fingerprint density at radius 3 is 2.34 bits per heavy atom. The van der Waals surface area contributed by atoms with Crippen LogP contribution in [0.25, 0.3) is 11.1 Å². The fourth-order valence-corrected chi connectivity index (χ4v) is 4.70. The number of carbonyl (C=O) groups is 1. The van der Waals surface area contributed by atoms with Crippen LogP contribution in [0.5, 0.6) is 0 Å². The van der Waals surface area contributed by atoms with E-state index in [-0.39, 0.29) is 12.2 Å². The van der Waals surface area contributed by atoms with Gasteiger partial charge in [-0.15, -0.1) is 0 Å². The molecule has 1 aliphatic carbocycles. The third-order valence-electron chi connectivity index (χ3n) is 6.30. The molecule has 2 aliphatic rings. The standard InChI is InChI=1S/C25H32N2O2/c28-25(26-24-14-8-7-13-23(24)21-11-5-2-6-12-21)29-22-15-17-27(18-16-22)19-20-9-3-1-4-10-20/h2,5-8,11-14,20,22H,1,3-4,9-10,15-19H2,(H,26,28). The summed E-state index contributed by atoms with van der Waals surface area (Å²) in [6.45, 7) is 3.30. The Morgan fingerprint density at radius 1 is 0.897 bits per heavy atom. The Morgan fingerprint density at radius 2 is 1.59 bits per heavy atom. The molecule has 2 fully saturated rings. The number of piperidine rings is 1. The van der Waals surface area contributed by atoms with Gasteiger partial charge in [0.2, 0.25) is 0 Å². The molecule has 154 valence electrons. The van der Waals surface area contributed by atoms with Crippen LogP contribution in [0.2, 0.25) is 0 Å². The summed E-state index contributed by atoms with van der Waals surface area (Å²) in [5.41, 5.74) is 2.88. The number of carbonyl (C=O) groups excluding carboxylic acids is 1. The lowest BCUT2D eigenvalue weighted by molar-refractivity contribution is 0.0518. The summed E-state index contributed by atoms with van der Waals surface area (Å²) in [5, 5.41) is 2.96. The number of amides is 1. The molecular formula is C25H32N2O2. The second-order valence-corrected chi connectivity index (χ2v) is 8.45. The Bertz CT molecular complexity index is 778. The summed E-state index contributed by atoms with van der Waals surface area (Å²) >= 11 is 0. The van der Waals surface area contributed by atoms with Crippen molar-refractivity contribution in [1.82, 2.24) is 4.90 Å². The van der Waals surface area contributed by atoms with Gasteiger partial charge in [0.1, 0.15) is 6.10 Å². The first-order chi connectivity index (χ1) is 14.3. The molecule has 0 atom stereocenters. The zero-order valence-electron chi connectivity index (χ0n) is 17.2. The van der Waals surface area contributed by atoms with Gasteiger partial charge >= 0.3 is 6.09 Å². The Labute approximate surface area is 174 Å². The van der Waals surface area contributed by atoms with Gasteiger partial charge in [0, 0.05) is 25.2 Å². The van der Waals surface area contributed by atoms with Crippen LogP contribution in [0.1, 0.15) is 44.9 Å². The predicted octanol–water partition coefficient (Wildman–Crippen LogP) is 5.95. The van der Waals surface area contributed by atoms with Crippen molar-refractivity contribution < 1.29 is 9.53 Å². The highest BCUT2D eigenvalue weighted by Crippen LogP contribution is 2.28. The van der Waals surface area contributed by atoms with E-state index in [0.717, 1.165) is 48.7 Å². The van der Waals surface area contributed by atoms with Crippen LogP contribution in [-0.2, 0) is 4.74 Å². The summed E-state index contributed by atoms with van der Waals surface area (Å²) in [7, 11) is 0. The highest BCUT2D eigenvalue weighted by Gasteiger charge is 2.25. The van der Waals surface area contributed by atoms with E-state index in [0.29, 0.717) is 0 Å². The highest BCUT2D eigenvalue weighted by molar-refractivity contribution is 5.91. The van der Waals surface area contributed by atoms with E-state index in [1.165, 1.54) is 38.6 Å². The minimum Gasteiger partial charge on any atom is -0.446 e. The maximum absolute atomic E-state index is 12.5. The van der Waals surface area contributed by atoms with E-state index in [2.05, 4.69) is 10.2 Å². The number of anilines is 1. The van der Waals surface area contributed by atoms with Crippen LogP contribution in [0.15, 0.2) is 54.6 Å². The molecule has 1 amide bonds. The van der Waals surface area contributed by atoms with Crippen molar-refractivity contribution in [3.63, 3.8) is 0 Å². The third kappa shape index (κ3) is 5.60. The van der Waals surface area contributed by atoms with Crippen molar-refractivity contribution in [2.24, 2.45) is 5.92 Å². The largest absolute Gasteiger partial charge is 0.446 e. The molecular weight excluding hydrogens is 360 g/mol. The SMILES string of the molecule is O=C(Nc1ccccc1-c1ccccc1)OC1CCN(CC2CCCCC2)CC1. The van der Waals surface area contributed by atoms with Crippen molar-refractivity contribution in [3.8, 4) is 11.1 Å². The predicted molar refractivity (Wildman–Crippen MR) is 118 cm³/mol. The van der Waals surface area contributed by atoms with E-state index in [4.69, 9.17) is 4.74 Å². The van der Waals surface area contributed by atoms with Crippen molar-refractivity contribution in [2.45, 2.75) is 51.0 Å². The topological polar surface area (TPSA) is 41.6 Å². The van der Waals surface area contributed by atoms with Gasteiger partial charge in [-0.1, -0.05) is 67.8 Å². The Hall–Kier alpha value is -2.33. The first kappa shape index (κ1) is 20.0. The van der Waals surface area contributed by atoms with Gasteiger partial charge in [-0.2, -0.15) is 0 Å². The minimum atomic E-state index is -0.348. The summed E-state index contributed by atoms with van der Waals surface area (Å²) in [6.07, 6.45) is 8.51. The van der Waals surface area contributed by atoms with E-state index < -0.39 is 0 Å². The lowest BCUT2D eigenvalue weighted by atomic mass is 9.88. The first-order valence-electron chi connectivity index (χ1n) is 11.1. The van der Waals surface area contributed by atoms with Gasteiger partial charge in [-0.3, -0.25) is 5.32 Å². The van der Waals surface area contributed by atoms with Gasteiger partial charge in [-0.25, -0.2) is 4.79 Å². The van der Waals surface area contributed by atoms with Crippen molar-refractivity contribution >= 4 is 11.8 Å². The number of hydrogen-bond acceptors (Lipinski definition) is 3. The second-order valence-electron chi connectivity index (χ2n) is 8.45. The van der Waals surface area contributed by atoms with Crippen molar-refractivity contribution in [1.29, 1.82) is 0 Å². The number of rotatable bonds is 5. The zero-order valence-corrected chi connectivity index (χ0v) is 17.2. The number of ether oxygens (including phenoxy) is 1. The maximum atomic E-state index is 12.5. The zero-order chi connectivity index (χ0) is 19.9. The molecule has 29 heavy (non-hydrogen) atoms. The van der Waals surface area contributed by atoms with Crippen molar-refractivity contribution in [3.05, 3.63) is 54.6 Å². The average Bonchev–Trinajstić information content (AvgIpc) is 2.77. The summed E-state index contributed by atoms with van der Waals surface area (Å²) in [4.78, 5) is 15.1. The highest BCUT2D eigenvalue weighted by atomic mass is 16.6. The van der Waals surface area contributed by atoms with E-state index >= 15 is 0 Å². The number of hydrogen-bond donors (Lipinski definition) is 1. The molecule has 0 radical (unpaired) electrons. The average molecular weight is 393 g/mol. The lowest BCUT2D eigenvalue weighted by Gasteiger charge is -2.35. The maximum Gasteiger partial charge on any atom is 0.411 e. The van der Waals surface area contributed by atoms with Gasteiger partial charge in [0.05, 0.1) is 5.69 Å². The monoisotopic (exact) mass is 392 g/mol. The molecule has 1 heterocycles. The molecule has 4 rings (SSSR count).